The van der Waals surface area contributed by atoms with Gasteiger partial charge in [-0.3, -0.25) is 9.52 Å². The minimum atomic E-state index is -3.54. The Morgan fingerprint density at radius 1 is 1.16 bits per heavy atom. The molecule has 0 radical (unpaired) electrons. The predicted molar refractivity (Wildman–Crippen MR) is 114 cm³/mol. The third kappa shape index (κ3) is 5.31. The average molecular weight is 446 g/mol. The van der Waals surface area contributed by atoms with E-state index in [0.717, 1.165) is 6.26 Å². The fourth-order valence-corrected chi connectivity index (χ4v) is 3.43. The van der Waals surface area contributed by atoms with Crippen molar-refractivity contribution in [3.05, 3.63) is 53.9 Å². The Labute approximate surface area is 179 Å². The first kappa shape index (κ1) is 22.1. The van der Waals surface area contributed by atoms with Crippen LogP contribution in [0.5, 0.6) is 11.5 Å². The lowest BCUT2D eigenvalue weighted by molar-refractivity contribution is 0.0770. The molecule has 11 heteroatoms. The second kappa shape index (κ2) is 9.04. The van der Waals surface area contributed by atoms with Crippen LogP contribution in [0.2, 0.25) is 0 Å². The van der Waals surface area contributed by atoms with Crippen molar-refractivity contribution in [2.24, 2.45) is 0 Å². The number of nitrogens with zero attached hydrogens (tertiary/aromatic N) is 3. The molecule has 2 aromatic carbocycles. The molecule has 1 heterocycles. The summed E-state index contributed by atoms with van der Waals surface area (Å²) in [6.07, 6.45) is 1.02. The van der Waals surface area contributed by atoms with Crippen molar-refractivity contribution >= 4 is 21.6 Å². The number of anilines is 1. The van der Waals surface area contributed by atoms with Crippen molar-refractivity contribution in [2.45, 2.75) is 6.54 Å². The van der Waals surface area contributed by atoms with Crippen molar-refractivity contribution in [3.63, 3.8) is 0 Å². The van der Waals surface area contributed by atoms with E-state index in [0.29, 0.717) is 22.9 Å². The Bertz CT molecular complexity index is 1190. The van der Waals surface area contributed by atoms with Gasteiger partial charge in [-0.05, 0) is 24.3 Å². The van der Waals surface area contributed by atoms with Crippen molar-refractivity contribution < 1.29 is 27.2 Å². The number of aromatic nitrogens is 2. The Hall–Kier alpha value is -3.60. The molecule has 3 aromatic rings. The first-order valence-electron chi connectivity index (χ1n) is 9.09. The molecule has 0 saturated heterocycles. The van der Waals surface area contributed by atoms with Crippen molar-refractivity contribution in [1.29, 1.82) is 0 Å². The Balaban J connectivity index is 1.80. The van der Waals surface area contributed by atoms with E-state index in [1.807, 2.05) is 0 Å². The van der Waals surface area contributed by atoms with E-state index in [-0.39, 0.29) is 23.7 Å². The first-order chi connectivity index (χ1) is 14.7. The maximum Gasteiger partial charge on any atom is 0.256 e. The highest BCUT2D eigenvalue weighted by atomic mass is 32.2. The van der Waals surface area contributed by atoms with E-state index in [4.69, 9.17) is 14.0 Å². The zero-order chi connectivity index (χ0) is 22.6. The van der Waals surface area contributed by atoms with Gasteiger partial charge in [0.1, 0.15) is 11.5 Å². The van der Waals surface area contributed by atoms with Crippen molar-refractivity contribution in [2.75, 3.05) is 32.2 Å². The topological polar surface area (TPSA) is 124 Å². The molecule has 0 fully saturated rings. The molecule has 164 valence electrons. The lowest BCUT2D eigenvalue weighted by Gasteiger charge is -2.17. The van der Waals surface area contributed by atoms with Gasteiger partial charge in [-0.15, -0.1) is 0 Å². The first-order valence-corrected chi connectivity index (χ1v) is 11.0. The van der Waals surface area contributed by atoms with Crippen molar-refractivity contribution in [3.8, 4) is 22.9 Å². The second-order valence-electron chi connectivity index (χ2n) is 6.66. The molecular formula is C20H22N4O6S. The van der Waals surface area contributed by atoms with Gasteiger partial charge in [0.25, 0.3) is 5.91 Å². The molecule has 1 aromatic heterocycles. The number of amides is 1. The van der Waals surface area contributed by atoms with Gasteiger partial charge in [0, 0.05) is 13.1 Å². The van der Waals surface area contributed by atoms with E-state index in [1.165, 1.54) is 24.1 Å². The third-order valence-electron chi connectivity index (χ3n) is 4.29. The average Bonchev–Trinajstić information content (AvgIpc) is 3.20. The maximum absolute atomic E-state index is 12.9. The molecule has 0 aliphatic rings. The molecule has 3 rings (SSSR count). The van der Waals surface area contributed by atoms with Crippen LogP contribution in [0.15, 0.2) is 47.0 Å². The Kier molecular flexibility index (Phi) is 6.44. The largest absolute Gasteiger partial charge is 0.497 e. The van der Waals surface area contributed by atoms with Gasteiger partial charge < -0.3 is 18.9 Å². The molecule has 0 saturated carbocycles. The summed E-state index contributed by atoms with van der Waals surface area (Å²) in [6, 6.07) is 11.5. The zero-order valence-corrected chi connectivity index (χ0v) is 18.3. The number of para-hydroxylation sites is 1. The predicted octanol–water partition coefficient (Wildman–Crippen LogP) is 2.40. The monoisotopic (exact) mass is 446 g/mol. The summed E-state index contributed by atoms with van der Waals surface area (Å²) in [5, 5.41) is 3.97. The summed E-state index contributed by atoms with van der Waals surface area (Å²) >= 11 is 0. The summed E-state index contributed by atoms with van der Waals surface area (Å²) < 4.78 is 41.3. The van der Waals surface area contributed by atoms with Gasteiger partial charge in [0.2, 0.25) is 21.7 Å². The molecular weight excluding hydrogens is 424 g/mol. The molecule has 0 aliphatic carbocycles. The SMILES string of the molecule is COc1ccc(-c2noc(CN(C)C(=O)c3ccccc3NS(C)(=O)=O)n2)c(OC)c1. The highest BCUT2D eigenvalue weighted by molar-refractivity contribution is 7.92. The van der Waals surface area contributed by atoms with Gasteiger partial charge >= 0.3 is 0 Å². The van der Waals surface area contributed by atoms with E-state index < -0.39 is 15.9 Å². The summed E-state index contributed by atoms with van der Waals surface area (Å²) in [7, 11) is 1.09. The van der Waals surface area contributed by atoms with Crippen LogP contribution in [0.25, 0.3) is 11.4 Å². The minimum Gasteiger partial charge on any atom is -0.497 e. The number of benzene rings is 2. The standard InChI is InChI=1S/C20H22N4O6S/c1-24(20(25)14-7-5-6-8-16(14)23-31(4,26)27)12-18-21-19(22-30-18)15-10-9-13(28-2)11-17(15)29-3/h5-11,23H,12H2,1-4H3. The van der Waals surface area contributed by atoms with Gasteiger partial charge in [-0.2, -0.15) is 4.98 Å². The van der Waals surface area contributed by atoms with E-state index >= 15 is 0 Å². The van der Waals surface area contributed by atoms with Gasteiger partial charge in [0.15, 0.2) is 0 Å². The maximum atomic E-state index is 12.9. The lowest BCUT2D eigenvalue weighted by Crippen LogP contribution is -2.27. The van der Waals surface area contributed by atoms with E-state index in [1.54, 1.807) is 44.5 Å². The number of hydrogen-bond donors (Lipinski definition) is 1. The highest BCUT2D eigenvalue weighted by Gasteiger charge is 2.21. The quantitative estimate of drug-likeness (QED) is 0.559. The van der Waals surface area contributed by atoms with Gasteiger partial charge in [0.05, 0.1) is 43.8 Å². The Morgan fingerprint density at radius 2 is 1.90 bits per heavy atom. The van der Waals surface area contributed by atoms with Crippen LogP contribution in [0.3, 0.4) is 0 Å². The summed E-state index contributed by atoms with van der Waals surface area (Å²) in [5.41, 5.74) is 0.998. The highest BCUT2D eigenvalue weighted by Crippen LogP contribution is 2.31. The van der Waals surface area contributed by atoms with Crippen LogP contribution in [0.1, 0.15) is 16.2 Å². The number of rotatable bonds is 8. The normalized spacial score (nSPS) is 11.1. The van der Waals surface area contributed by atoms with Crippen LogP contribution in [-0.2, 0) is 16.6 Å². The third-order valence-corrected chi connectivity index (χ3v) is 4.88. The van der Waals surface area contributed by atoms with Gasteiger partial charge in [-0.25, -0.2) is 8.42 Å². The summed E-state index contributed by atoms with van der Waals surface area (Å²) in [4.78, 5) is 18.6. The van der Waals surface area contributed by atoms with Crippen LogP contribution in [0, 0.1) is 0 Å². The van der Waals surface area contributed by atoms with Crippen LogP contribution in [0.4, 0.5) is 5.69 Å². The number of hydrogen-bond acceptors (Lipinski definition) is 8. The molecule has 0 atom stereocenters. The molecule has 0 unspecified atom stereocenters. The molecule has 0 aliphatic heterocycles. The number of methoxy groups -OCH3 is 2. The number of carbonyl (C=O) groups excluding carboxylic acids is 1. The number of carbonyl (C=O) groups is 1. The molecule has 0 spiro atoms. The van der Waals surface area contributed by atoms with Crippen LogP contribution >= 0.6 is 0 Å². The number of sulfonamides is 1. The minimum absolute atomic E-state index is 0.0253. The number of nitrogens with one attached hydrogen (secondary N) is 1. The molecule has 0 bridgehead atoms. The van der Waals surface area contributed by atoms with Crippen LogP contribution < -0.4 is 14.2 Å². The fourth-order valence-electron chi connectivity index (χ4n) is 2.85. The fraction of sp³-hybridized carbons (Fsp3) is 0.250. The zero-order valence-electron chi connectivity index (χ0n) is 17.4. The summed E-state index contributed by atoms with van der Waals surface area (Å²) in [5.74, 6) is 1.23. The van der Waals surface area contributed by atoms with Gasteiger partial charge in [-0.1, -0.05) is 17.3 Å². The van der Waals surface area contributed by atoms with Crippen molar-refractivity contribution in [1.82, 2.24) is 15.0 Å². The van der Waals surface area contributed by atoms with E-state index in [2.05, 4.69) is 14.9 Å². The molecule has 10 nitrogen and oxygen atoms in total. The molecule has 1 N–H and O–H groups in total. The molecule has 31 heavy (non-hydrogen) atoms. The Morgan fingerprint density at radius 3 is 2.58 bits per heavy atom. The molecule has 1 amide bonds. The van der Waals surface area contributed by atoms with Crippen LogP contribution in [-0.4, -0.2) is 56.9 Å². The van der Waals surface area contributed by atoms with E-state index in [9.17, 15) is 13.2 Å². The number of ether oxygens (including phenoxy) is 2. The lowest BCUT2D eigenvalue weighted by atomic mass is 10.1. The smallest absolute Gasteiger partial charge is 0.256 e. The summed E-state index contributed by atoms with van der Waals surface area (Å²) in [6.45, 7) is 0.0253. The second-order valence-corrected chi connectivity index (χ2v) is 8.41.